The van der Waals surface area contributed by atoms with Crippen molar-refractivity contribution in [1.82, 2.24) is 19.6 Å². The van der Waals surface area contributed by atoms with Gasteiger partial charge in [0.05, 0.1) is 18.1 Å². The Labute approximate surface area is 191 Å². The summed E-state index contributed by atoms with van der Waals surface area (Å²) >= 11 is 0. The summed E-state index contributed by atoms with van der Waals surface area (Å²) in [7, 11) is 3.93. The molecule has 0 fully saturated rings. The van der Waals surface area contributed by atoms with Crippen molar-refractivity contribution in [1.29, 1.82) is 0 Å². The van der Waals surface area contributed by atoms with Crippen LogP contribution in [0, 0.1) is 5.82 Å². The molecule has 7 heteroatoms. The topological polar surface area (TPSA) is 58.4 Å². The summed E-state index contributed by atoms with van der Waals surface area (Å²) < 4.78 is 15.7. The number of nitrogens with zero attached hydrogens (tertiary/aromatic N) is 5. The van der Waals surface area contributed by atoms with Crippen molar-refractivity contribution in [2.24, 2.45) is 0 Å². The molecule has 1 aromatic carbocycles. The van der Waals surface area contributed by atoms with E-state index < -0.39 is 0 Å². The number of nitrogens with one attached hydrogen (secondary N) is 1. The first-order valence-electron chi connectivity index (χ1n) is 11.3. The molecule has 0 saturated heterocycles. The van der Waals surface area contributed by atoms with Gasteiger partial charge in [-0.15, -0.1) is 0 Å². The number of hydrogen-bond donors (Lipinski definition) is 1. The molecule has 166 valence electrons. The Kier molecular flexibility index (Phi) is 4.64. The molecular weight excluding hydrogens is 415 g/mol. The highest BCUT2D eigenvalue weighted by Gasteiger charge is 2.28. The van der Waals surface area contributed by atoms with Gasteiger partial charge in [-0.1, -0.05) is 29.8 Å². The highest BCUT2D eigenvalue weighted by Crippen LogP contribution is 2.42. The number of benzene rings is 1. The van der Waals surface area contributed by atoms with Crippen LogP contribution in [-0.2, 0) is 6.42 Å². The van der Waals surface area contributed by atoms with Crippen molar-refractivity contribution < 1.29 is 4.39 Å². The normalized spacial score (nSPS) is 17.2. The lowest BCUT2D eigenvalue weighted by Gasteiger charge is -2.26. The quantitative estimate of drug-likeness (QED) is 0.486. The van der Waals surface area contributed by atoms with E-state index in [4.69, 9.17) is 4.98 Å². The second-order valence-corrected chi connectivity index (χ2v) is 9.08. The highest BCUT2D eigenvalue weighted by atomic mass is 19.1. The molecule has 0 bridgehead atoms. The molecule has 6 nitrogen and oxygen atoms in total. The molecule has 3 heterocycles. The van der Waals surface area contributed by atoms with Gasteiger partial charge in [0.25, 0.3) is 0 Å². The van der Waals surface area contributed by atoms with Gasteiger partial charge in [0, 0.05) is 38.0 Å². The zero-order valence-electron chi connectivity index (χ0n) is 18.7. The minimum atomic E-state index is -0.378. The summed E-state index contributed by atoms with van der Waals surface area (Å²) in [6.07, 6.45) is 8.89. The van der Waals surface area contributed by atoms with Crippen LogP contribution in [0.4, 0.5) is 15.9 Å². The number of fused-ring (bicyclic) bond motifs is 3. The van der Waals surface area contributed by atoms with Gasteiger partial charge in [0.2, 0.25) is 0 Å². The van der Waals surface area contributed by atoms with Crippen LogP contribution in [0.25, 0.3) is 22.5 Å². The standard InChI is InChI=1S/C26H25FN6/c1-32(2)24-15-29-33-25(12-23(31-26(24)33)18-10-19(27)14-28-13-18)30-20-8-7-17-9-16-5-3-4-6-21(16)22(17)11-20/h3-6,10,12-15,20,30H,7-9,11H2,1-2H3/t20-/m1/s1. The van der Waals surface area contributed by atoms with Crippen LogP contribution >= 0.6 is 0 Å². The van der Waals surface area contributed by atoms with Crippen LogP contribution in [0.2, 0.25) is 0 Å². The van der Waals surface area contributed by atoms with Crippen molar-refractivity contribution in [2.45, 2.75) is 31.7 Å². The first-order chi connectivity index (χ1) is 16.1. The lowest BCUT2D eigenvalue weighted by molar-refractivity contribution is 0.622. The predicted molar refractivity (Wildman–Crippen MR) is 129 cm³/mol. The molecule has 0 aliphatic heterocycles. The number of aromatic nitrogens is 4. The Hall–Kier alpha value is -3.74. The molecule has 1 atom stereocenters. The maximum atomic E-state index is 13.9. The van der Waals surface area contributed by atoms with E-state index in [9.17, 15) is 4.39 Å². The van der Waals surface area contributed by atoms with E-state index in [0.29, 0.717) is 11.3 Å². The molecule has 2 aliphatic carbocycles. The summed E-state index contributed by atoms with van der Waals surface area (Å²) in [4.78, 5) is 10.8. The maximum Gasteiger partial charge on any atom is 0.181 e. The molecular formula is C26H25FN6. The number of hydrogen-bond acceptors (Lipinski definition) is 5. The number of pyridine rings is 1. The largest absolute Gasteiger partial charge is 0.373 e. The van der Waals surface area contributed by atoms with Gasteiger partial charge in [-0.05, 0) is 48.4 Å². The van der Waals surface area contributed by atoms with Gasteiger partial charge in [-0.3, -0.25) is 4.98 Å². The molecule has 6 rings (SSSR count). The maximum absolute atomic E-state index is 13.9. The molecule has 1 N–H and O–H groups in total. The van der Waals surface area contributed by atoms with Crippen LogP contribution in [0.3, 0.4) is 0 Å². The van der Waals surface area contributed by atoms with Crippen molar-refractivity contribution in [3.63, 3.8) is 0 Å². The van der Waals surface area contributed by atoms with Gasteiger partial charge in [0.15, 0.2) is 5.65 Å². The van der Waals surface area contributed by atoms with Gasteiger partial charge < -0.3 is 10.2 Å². The summed E-state index contributed by atoms with van der Waals surface area (Å²) in [5.41, 5.74) is 8.86. The molecule has 0 unspecified atom stereocenters. The SMILES string of the molecule is CN(C)c1cnn2c(N[C@@H]3CCC4=C(C3)c3ccccc3C4)cc(-c3cncc(F)c3)nc12. The van der Waals surface area contributed by atoms with E-state index in [0.717, 1.165) is 42.8 Å². The lowest BCUT2D eigenvalue weighted by atomic mass is 9.88. The summed E-state index contributed by atoms with van der Waals surface area (Å²) in [5, 5.41) is 8.35. The van der Waals surface area contributed by atoms with Crippen molar-refractivity contribution >= 4 is 22.7 Å². The molecule has 0 saturated carbocycles. The second-order valence-electron chi connectivity index (χ2n) is 9.08. The molecule has 4 aromatic rings. The van der Waals surface area contributed by atoms with Gasteiger partial charge in [0.1, 0.15) is 17.3 Å². The van der Waals surface area contributed by atoms with Crippen molar-refractivity contribution in [3.05, 3.63) is 77.5 Å². The van der Waals surface area contributed by atoms with Crippen LogP contribution in [-0.4, -0.2) is 39.7 Å². The zero-order valence-corrected chi connectivity index (χ0v) is 18.7. The van der Waals surface area contributed by atoms with Gasteiger partial charge in [-0.25, -0.2) is 9.37 Å². The number of rotatable bonds is 4. The van der Waals surface area contributed by atoms with E-state index in [1.165, 1.54) is 29.0 Å². The zero-order chi connectivity index (χ0) is 22.5. The predicted octanol–water partition coefficient (Wildman–Crippen LogP) is 4.97. The third-order valence-electron chi connectivity index (χ3n) is 6.71. The van der Waals surface area contributed by atoms with Crippen molar-refractivity contribution in [2.75, 3.05) is 24.3 Å². The Bertz CT molecular complexity index is 1400. The van der Waals surface area contributed by atoms with E-state index in [-0.39, 0.29) is 11.9 Å². The molecule has 0 radical (unpaired) electrons. The summed E-state index contributed by atoms with van der Waals surface area (Å²) in [5.74, 6) is 0.476. The van der Waals surface area contributed by atoms with Gasteiger partial charge >= 0.3 is 0 Å². The first-order valence-corrected chi connectivity index (χ1v) is 11.3. The Morgan fingerprint density at radius 3 is 2.85 bits per heavy atom. The molecule has 33 heavy (non-hydrogen) atoms. The fourth-order valence-electron chi connectivity index (χ4n) is 5.09. The number of halogens is 1. The van der Waals surface area contributed by atoms with E-state index >= 15 is 0 Å². The number of anilines is 2. The molecule has 3 aromatic heterocycles. The average Bonchev–Trinajstić information content (AvgIpc) is 3.41. The van der Waals surface area contributed by atoms with Crippen molar-refractivity contribution in [3.8, 4) is 11.3 Å². The highest BCUT2D eigenvalue weighted by molar-refractivity contribution is 5.78. The Balaban J connectivity index is 1.38. The van der Waals surface area contributed by atoms with Crippen LogP contribution in [0.15, 0.2) is 60.6 Å². The van der Waals surface area contributed by atoms with Crippen LogP contribution in [0.1, 0.15) is 30.4 Å². The molecule has 0 amide bonds. The second kappa shape index (κ2) is 7.69. The lowest BCUT2D eigenvalue weighted by Crippen LogP contribution is -2.24. The fourth-order valence-corrected chi connectivity index (χ4v) is 5.09. The third-order valence-corrected chi connectivity index (χ3v) is 6.71. The fraction of sp³-hybridized carbons (Fsp3) is 0.269. The Morgan fingerprint density at radius 1 is 1.12 bits per heavy atom. The van der Waals surface area contributed by atoms with Crippen LogP contribution < -0.4 is 10.2 Å². The Morgan fingerprint density at radius 2 is 2.00 bits per heavy atom. The van der Waals surface area contributed by atoms with E-state index in [2.05, 4.69) is 39.7 Å². The van der Waals surface area contributed by atoms with E-state index in [1.807, 2.05) is 35.8 Å². The molecule has 2 aliphatic rings. The average molecular weight is 441 g/mol. The third kappa shape index (κ3) is 3.44. The summed E-state index contributed by atoms with van der Waals surface area (Å²) in [6.45, 7) is 0. The number of allylic oxidation sites excluding steroid dienone is 1. The minimum absolute atomic E-state index is 0.283. The minimum Gasteiger partial charge on any atom is -0.373 e. The van der Waals surface area contributed by atoms with Gasteiger partial charge in [-0.2, -0.15) is 9.61 Å². The summed E-state index contributed by atoms with van der Waals surface area (Å²) in [6, 6.07) is 12.4. The first kappa shape index (κ1) is 19.9. The molecule has 0 spiro atoms. The monoisotopic (exact) mass is 440 g/mol. The van der Waals surface area contributed by atoms with Crippen LogP contribution in [0.5, 0.6) is 0 Å². The smallest absolute Gasteiger partial charge is 0.181 e. The van der Waals surface area contributed by atoms with E-state index in [1.54, 1.807) is 11.8 Å².